The van der Waals surface area contributed by atoms with Gasteiger partial charge >= 0.3 is 0 Å². The van der Waals surface area contributed by atoms with E-state index in [-0.39, 0.29) is 18.1 Å². The van der Waals surface area contributed by atoms with Gasteiger partial charge in [-0.05, 0) is 36.4 Å². The summed E-state index contributed by atoms with van der Waals surface area (Å²) in [7, 11) is 1.50. The smallest absolute Gasteiger partial charge is 0.262 e. The number of aromatic amines is 1. The fourth-order valence-electron chi connectivity index (χ4n) is 2.43. The highest BCUT2D eigenvalue weighted by molar-refractivity contribution is 6.31. The number of methoxy groups -OCH3 is 1. The predicted molar refractivity (Wildman–Crippen MR) is 96.7 cm³/mol. The molecule has 3 aromatic rings. The maximum Gasteiger partial charge on any atom is 0.262 e. The van der Waals surface area contributed by atoms with Gasteiger partial charge in [-0.3, -0.25) is 9.59 Å². The van der Waals surface area contributed by atoms with E-state index in [0.717, 1.165) is 0 Å². The molecule has 0 bridgehead atoms. The Balaban J connectivity index is 1.74. The van der Waals surface area contributed by atoms with Crippen molar-refractivity contribution in [2.45, 2.75) is 0 Å². The van der Waals surface area contributed by atoms with Crippen LogP contribution in [0.1, 0.15) is 0 Å². The van der Waals surface area contributed by atoms with Crippen molar-refractivity contribution >= 4 is 34.0 Å². The molecule has 25 heavy (non-hydrogen) atoms. The van der Waals surface area contributed by atoms with Gasteiger partial charge in [-0.1, -0.05) is 17.7 Å². The van der Waals surface area contributed by atoms with E-state index in [9.17, 15) is 9.59 Å². The molecule has 1 aromatic heterocycles. The molecule has 0 spiro atoms. The first-order valence-corrected chi connectivity index (χ1v) is 7.83. The molecule has 3 rings (SSSR count). The average Bonchev–Trinajstić information content (AvgIpc) is 2.60. The second-order valence-electron chi connectivity index (χ2n) is 5.21. The predicted octanol–water partition coefficient (Wildman–Crippen LogP) is 3.21. The molecule has 0 unspecified atom stereocenters. The van der Waals surface area contributed by atoms with E-state index in [2.05, 4.69) is 10.3 Å². The van der Waals surface area contributed by atoms with Crippen LogP contribution in [0.15, 0.2) is 53.5 Å². The minimum atomic E-state index is -0.373. The molecule has 0 aliphatic heterocycles. The SMILES string of the molecule is COc1ccc(Cl)cc1NC(=O)COc1cccc2c(=O)[nH]ccc12. The zero-order chi connectivity index (χ0) is 17.8. The number of halogens is 1. The lowest BCUT2D eigenvalue weighted by molar-refractivity contribution is -0.118. The van der Waals surface area contributed by atoms with Crippen molar-refractivity contribution in [1.82, 2.24) is 4.98 Å². The summed E-state index contributed by atoms with van der Waals surface area (Å²) in [6, 6.07) is 11.7. The lowest BCUT2D eigenvalue weighted by Crippen LogP contribution is -2.20. The summed E-state index contributed by atoms with van der Waals surface area (Å²) in [5.41, 5.74) is 0.244. The van der Waals surface area contributed by atoms with Crippen molar-refractivity contribution in [1.29, 1.82) is 0 Å². The van der Waals surface area contributed by atoms with Crippen LogP contribution in [0.4, 0.5) is 5.69 Å². The molecule has 1 amide bonds. The number of rotatable bonds is 5. The molecule has 128 valence electrons. The molecular formula is C18H15ClN2O4. The number of benzene rings is 2. The second-order valence-corrected chi connectivity index (χ2v) is 5.64. The lowest BCUT2D eigenvalue weighted by Gasteiger charge is -2.12. The Kier molecular flexibility index (Phi) is 4.90. The van der Waals surface area contributed by atoms with Crippen molar-refractivity contribution in [2.24, 2.45) is 0 Å². The summed E-state index contributed by atoms with van der Waals surface area (Å²) in [5.74, 6) is 0.577. The summed E-state index contributed by atoms with van der Waals surface area (Å²) in [4.78, 5) is 26.6. The maximum atomic E-state index is 12.2. The highest BCUT2D eigenvalue weighted by Gasteiger charge is 2.10. The van der Waals surface area contributed by atoms with Crippen molar-refractivity contribution in [3.05, 3.63) is 64.0 Å². The number of nitrogens with one attached hydrogen (secondary N) is 2. The first kappa shape index (κ1) is 16.9. The van der Waals surface area contributed by atoms with Gasteiger partial charge in [-0.2, -0.15) is 0 Å². The molecule has 0 atom stereocenters. The van der Waals surface area contributed by atoms with Crippen LogP contribution in [0, 0.1) is 0 Å². The number of anilines is 1. The Hall–Kier alpha value is -2.99. The summed E-state index contributed by atoms with van der Waals surface area (Å²) >= 11 is 5.94. The van der Waals surface area contributed by atoms with Crippen LogP contribution in [0.25, 0.3) is 10.8 Å². The first-order valence-electron chi connectivity index (χ1n) is 7.45. The van der Waals surface area contributed by atoms with Gasteiger partial charge in [0.25, 0.3) is 11.5 Å². The molecule has 0 aliphatic rings. The third-order valence-corrected chi connectivity index (χ3v) is 3.80. The molecule has 0 saturated heterocycles. The third kappa shape index (κ3) is 3.75. The lowest BCUT2D eigenvalue weighted by atomic mass is 10.1. The van der Waals surface area contributed by atoms with E-state index in [1.807, 2.05) is 0 Å². The molecule has 6 nitrogen and oxygen atoms in total. The monoisotopic (exact) mass is 358 g/mol. The summed E-state index contributed by atoms with van der Waals surface area (Å²) in [6.45, 7) is -0.221. The fraction of sp³-hybridized carbons (Fsp3) is 0.111. The zero-order valence-corrected chi connectivity index (χ0v) is 14.1. The number of pyridine rings is 1. The van der Waals surface area contributed by atoms with E-state index in [1.54, 1.807) is 42.5 Å². The molecule has 0 fully saturated rings. The highest BCUT2D eigenvalue weighted by atomic mass is 35.5. The number of carbonyl (C=O) groups is 1. The number of H-pyrrole nitrogens is 1. The zero-order valence-electron chi connectivity index (χ0n) is 13.3. The first-order chi connectivity index (χ1) is 12.1. The van der Waals surface area contributed by atoms with Crippen LogP contribution in [0.2, 0.25) is 5.02 Å². The van der Waals surface area contributed by atoms with Gasteiger partial charge in [0.2, 0.25) is 0 Å². The molecule has 1 heterocycles. The minimum absolute atomic E-state index is 0.212. The van der Waals surface area contributed by atoms with E-state index in [0.29, 0.717) is 33.0 Å². The van der Waals surface area contributed by atoms with Gasteiger partial charge in [0.15, 0.2) is 6.61 Å². The summed E-state index contributed by atoms with van der Waals surface area (Å²) in [6.07, 6.45) is 1.54. The normalized spacial score (nSPS) is 10.5. The third-order valence-electron chi connectivity index (χ3n) is 3.57. The van der Waals surface area contributed by atoms with E-state index >= 15 is 0 Å². The number of amides is 1. The molecule has 2 aromatic carbocycles. The number of aromatic nitrogens is 1. The van der Waals surface area contributed by atoms with E-state index in [1.165, 1.54) is 13.3 Å². The van der Waals surface area contributed by atoms with Crippen LogP contribution < -0.4 is 20.3 Å². The molecule has 2 N–H and O–H groups in total. The number of ether oxygens (including phenoxy) is 2. The Bertz CT molecular complexity index is 984. The van der Waals surface area contributed by atoms with Crippen LogP contribution in [0.3, 0.4) is 0 Å². The van der Waals surface area contributed by atoms with Crippen molar-refractivity contribution < 1.29 is 14.3 Å². The fourth-order valence-corrected chi connectivity index (χ4v) is 2.60. The van der Waals surface area contributed by atoms with Gasteiger partial charge in [0.1, 0.15) is 11.5 Å². The Morgan fingerprint density at radius 3 is 2.80 bits per heavy atom. The van der Waals surface area contributed by atoms with Gasteiger partial charge in [-0.25, -0.2) is 0 Å². The van der Waals surface area contributed by atoms with Crippen molar-refractivity contribution in [2.75, 3.05) is 19.0 Å². The Morgan fingerprint density at radius 2 is 2.00 bits per heavy atom. The molecule has 7 heteroatoms. The van der Waals surface area contributed by atoms with E-state index in [4.69, 9.17) is 21.1 Å². The largest absolute Gasteiger partial charge is 0.495 e. The number of carbonyl (C=O) groups excluding carboxylic acids is 1. The molecule has 0 radical (unpaired) electrons. The summed E-state index contributed by atoms with van der Waals surface area (Å²) < 4.78 is 10.8. The number of hydrogen-bond acceptors (Lipinski definition) is 4. The Morgan fingerprint density at radius 1 is 1.16 bits per heavy atom. The minimum Gasteiger partial charge on any atom is -0.495 e. The maximum absolute atomic E-state index is 12.2. The quantitative estimate of drug-likeness (QED) is 0.734. The molecule has 0 aliphatic carbocycles. The van der Waals surface area contributed by atoms with Gasteiger partial charge in [0.05, 0.1) is 18.2 Å². The van der Waals surface area contributed by atoms with Gasteiger partial charge in [-0.15, -0.1) is 0 Å². The molecule has 0 saturated carbocycles. The average molecular weight is 359 g/mol. The van der Waals surface area contributed by atoms with Gasteiger partial charge in [0, 0.05) is 16.6 Å². The highest BCUT2D eigenvalue weighted by Crippen LogP contribution is 2.28. The van der Waals surface area contributed by atoms with Crippen LogP contribution in [-0.4, -0.2) is 24.6 Å². The Labute approximate surface area is 148 Å². The standard InChI is InChI=1S/C18H15ClN2O4/c1-24-16-6-5-11(19)9-14(16)21-17(22)10-25-15-4-2-3-13-12(15)7-8-20-18(13)23/h2-9H,10H2,1H3,(H,20,23)(H,21,22). The number of hydrogen-bond donors (Lipinski definition) is 2. The van der Waals surface area contributed by atoms with Gasteiger partial charge < -0.3 is 19.8 Å². The summed E-state index contributed by atoms with van der Waals surface area (Å²) in [5, 5.41) is 4.30. The van der Waals surface area contributed by atoms with Crippen molar-refractivity contribution in [3.8, 4) is 11.5 Å². The van der Waals surface area contributed by atoms with Crippen LogP contribution in [0.5, 0.6) is 11.5 Å². The van der Waals surface area contributed by atoms with Crippen LogP contribution >= 0.6 is 11.6 Å². The molecular weight excluding hydrogens is 344 g/mol. The number of fused-ring (bicyclic) bond motifs is 1. The topological polar surface area (TPSA) is 80.4 Å². The second kappa shape index (κ2) is 7.27. The van der Waals surface area contributed by atoms with E-state index < -0.39 is 0 Å². The van der Waals surface area contributed by atoms with Crippen molar-refractivity contribution in [3.63, 3.8) is 0 Å². The van der Waals surface area contributed by atoms with Crippen LogP contribution in [-0.2, 0) is 4.79 Å².